The molecule has 102 valence electrons. The van der Waals surface area contributed by atoms with Gasteiger partial charge in [0.2, 0.25) is 0 Å². The zero-order valence-corrected chi connectivity index (χ0v) is 12.3. The van der Waals surface area contributed by atoms with Crippen LogP contribution in [-0.2, 0) is 10.0 Å². The number of rotatable bonds is 3. The second-order valence-corrected chi connectivity index (χ2v) is 6.51. The van der Waals surface area contributed by atoms with Gasteiger partial charge >= 0.3 is 0 Å². The highest BCUT2D eigenvalue weighted by molar-refractivity contribution is 9.10. The summed E-state index contributed by atoms with van der Waals surface area (Å²) in [6.07, 6.45) is 1.40. The average molecular weight is 354 g/mol. The smallest absolute Gasteiger partial charge is 0.262 e. The first kappa shape index (κ1) is 13.0. The van der Waals surface area contributed by atoms with E-state index < -0.39 is 10.0 Å². The van der Waals surface area contributed by atoms with E-state index in [4.69, 9.17) is 0 Å². The third-order valence-electron chi connectivity index (χ3n) is 2.52. The molecular weight excluding hydrogens is 346 g/mol. The standard InChI is InChI=1S/C11H8BrN5O2S/c12-8-1-3-9(4-2-8)20(18,19)16-10-5-6-11-14-13-7-17(11)15-10/h1-7H,(H,15,16). The Bertz CT molecular complexity index is 860. The molecule has 0 fully saturated rings. The topological polar surface area (TPSA) is 89.2 Å². The molecule has 7 nitrogen and oxygen atoms in total. The number of hydrogen-bond acceptors (Lipinski definition) is 5. The van der Waals surface area contributed by atoms with Gasteiger partial charge in [-0.2, -0.15) is 4.52 Å². The minimum Gasteiger partial charge on any atom is -0.262 e. The molecule has 0 aliphatic heterocycles. The van der Waals surface area contributed by atoms with Gasteiger partial charge in [-0.15, -0.1) is 15.3 Å². The normalized spacial score (nSPS) is 11.7. The molecule has 0 amide bonds. The molecule has 2 heterocycles. The van der Waals surface area contributed by atoms with Crippen LogP contribution in [0.5, 0.6) is 0 Å². The molecule has 0 atom stereocenters. The molecule has 1 N–H and O–H groups in total. The minimum absolute atomic E-state index is 0.159. The zero-order valence-electron chi connectivity index (χ0n) is 9.93. The van der Waals surface area contributed by atoms with Crippen molar-refractivity contribution >= 4 is 37.4 Å². The molecule has 0 spiro atoms. The van der Waals surface area contributed by atoms with Crippen molar-refractivity contribution in [2.45, 2.75) is 4.90 Å². The summed E-state index contributed by atoms with van der Waals surface area (Å²) in [5, 5.41) is 11.5. The Morgan fingerprint density at radius 1 is 1.10 bits per heavy atom. The number of nitrogens with one attached hydrogen (secondary N) is 1. The van der Waals surface area contributed by atoms with Crippen molar-refractivity contribution in [1.82, 2.24) is 19.8 Å². The largest absolute Gasteiger partial charge is 0.263 e. The molecule has 1 aromatic carbocycles. The highest BCUT2D eigenvalue weighted by atomic mass is 79.9. The van der Waals surface area contributed by atoms with Crippen molar-refractivity contribution in [3.63, 3.8) is 0 Å². The lowest BCUT2D eigenvalue weighted by molar-refractivity contribution is 0.601. The molecule has 0 bridgehead atoms. The van der Waals surface area contributed by atoms with Gasteiger partial charge in [-0.05, 0) is 36.4 Å². The van der Waals surface area contributed by atoms with Crippen LogP contribution >= 0.6 is 15.9 Å². The fourth-order valence-electron chi connectivity index (χ4n) is 1.59. The van der Waals surface area contributed by atoms with Gasteiger partial charge in [0.25, 0.3) is 10.0 Å². The van der Waals surface area contributed by atoms with Gasteiger partial charge in [-0.25, -0.2) is 8.42 Å². The maximum absolute atomic E-state index is 12.2. The Labute approximate surface area is 122 Å². The summed E-state index contributed by atoms with van der Waals surface area (Å²) < 4.78 is 29.0. The second kappa shape index (κ2) is 4.84. The van der Waals surface area contributed by atoms with Crippen LogP contribution in [0.4, 0.5) is 5.82 Å². The summed E-state index contributed by atoms with van der Waals surface area (Å²) in [4.78, 5) is 0.159. The quantitative estimate of drug-likeness (QED) is 0.773. The molecule has 0 saturated heterocycles. The van der Waals surface area contributed by atoms with E-state index in [0.717, 1.165) is 4.47 Å². The van der Waals surface area contributed by atoms with E-state index >= 15 is 0 Å². The van der Waals surface area contributed by atoms with Crippen LogP contribution in [0.15, 0.2) is 52.1 Å². The highest BCUT2D eigenvalue weighted by Gasteiger charge is 2.15. The summed E-state index contributed by atoms with van der Waals surface area (Å²) in [5.41, 5.74) is 0.539. The lowest BCUT2D eigenvalue weighted by atomic mass is 10.4. The predicted octanol–water partition coefficient (Wildman–Crippen LogP) is 1.69. The molecule has 20 heavy (non-hydrogen) atoms. The molecule has 2 aromatic heterocycles. The van der Waals surface area contributed by atoms with Crippen molar-refractivity contribution in [2.24, 2.45) is 0 Å². The minimum atomic E-state index is -3.67. The van der Waals surface area contributed by atoms with Crippen molar-refractivity contribution < 1.29 is 8.42 Å². The Kier molecular flexibility index (Phi) is 3.14. The lowest BCUT2D eigenvalue weighted by Gasteiger charge is -2.07. The van der Waals surface area contributed by atoms with Gasteiger partial charge in [-0.1, -0.05) is 15.9 Å². The summed E-state index contributed by atoms with van der Waals surface area (Å²) >= 11 is 3.26. The van der Waals surface area contributed by atoms with Crippen molar-refractivity contribution in [2.75, 3.05) is 4.72 Å². The number of nitrogens with zero attached hydrogens (tertiary/aromatic N) is 4. The van der Waals surface area contributed by atoms with Crippen LogP contribution in [0.2, 0.25) is 0 Å². The van der Waals surface area contributed by atoms with E-state index in [0.29, 0.717) is 5.65 Å². The molecule has 0 radical (unpaired) electrons. The number of sulfonamides is 1. The van der Waals surface area contributed by atoms with E-state index in [9.17, 15) is 8.42 Å². The van der Waals surface area contributed by atoms with Crippen LogP contribution in [-0.4, -0.2) is 28.2 Å². The Morgan fingerprint density at radius 3 is 2.60 bits per heavy atom. The molecule has 3 rings (SSSR count). The van der Waals surface area contributed by atoms with E-state index in [1.807, 2.05) is 0 Å². The third-order valence-corrected chi connectivity index (χ3v) is 4.42. The number of halogens is 1. The first-order chi connectivity index (χ1) is 9.54. The van der Waals surface area contributed by atoms with Gasteiger partial charge in [-0.3, -0.25) is 4.72 Å². The maximum atomic E-state index is 12.2. The fourth-order valence-corrected chi connectivity index (χ4v) is 2.85. The summed E-state index contributed by atoms with van der Waals surface area (Å²) in [6.45, 7) is 0. The van der Waals surface area contributed by atoms with Gasteiger partial charge < -0.3 is 0 Å². The van der Waals surface area contributed by atoms with Gasteiger partial charge in [0.1, 0.15) is 6.33 Å². The molecule has 0 aliphatic carbocycles. The zero-order chi connectivity index (χ0) is 14.2. The molecule has 0 aliphatic rings. The van der Waals surface area contributed by atoms with Gasteiger partial charge in [0, 0.05) is 4.47 Å². The van der Waals surface area contributed by atoms with Crippen LogP contribution in [0.25, 0.3) is 5.65 Å². The number of benzene rings is 1. The SMILES string of the molecule is O=S(=O)(Nc1ccc2nncn2n1)c1ccc(Br)cc1. The molecular formula is C11H8BrN5O2S. The number of anilines is 1. The highest BCUT2D eigenvalue weighted by Crippen LogP contribution is 2.17. The van der Waals surface area contributed by atoms with Crippen molar-refractivity contribution in [1.29, 1.82) is 0 Å². The third kappa shape index (κ3) is 2.49. The van der Waals surface area contributed by atoms with Crippen molar-refractivity contribution in [3.8, 4) is 0 Å². The molecule has 0 saturated carbocycles. The number of aromatic nitrogens is 4. The Balaban J connectivity index is 1.94. The van der Waals surface area contributed by atoms with E-state index in [2.05, 4.69) is 35.9 Å². The number of fused-ring (bicyclic) bond motifs is 1. The first-order valence-corrected chi connectivity index (χ1v) is 7.78. The van der Waals surface area contributed by atoms with E-state index in [-0.39, 0.29) is 10.7 Å². The predicted molar refractivity (Wildman–Crippen MR) is 75.7 cm³/mol. The summed E-state index contributed by atoms with van der Waals surface area (Å²) in [7, 11) is -3.67. The van der Waals surface area contributed by atoms with E-state index in [1.165, 1.54) is 29.0 Å². The average Bonchev–Trinajstić information content (AvgIpc) is 2.86. The number of hydrogen-bond donors (Lipinski definition) is 1. The fraction of sp³-hybridized carbons (Fsp3) is 0. The van der Waals surface area contributed by atoms with Crippen LogP contribution in [0.3, 0.4) is 0 Å². The van der Waals surface area contributed by atoms with Gasteiger partial charge in [0.05, 0.1) is 4.90 Å². The molecule has 0 unspecified atom stereocenters. The van der Waals surface area contributed by atoms with Crippen LogP contribution in [0.1, 0.15) is 0 Å². The van der Waals surface area contributed by atoms with Crippen LogP contribution < -0.4 is 4.72 Å². The van der Waals surface area contributed by atoms with Crippen LogP contribution in [0, 0.1) is 0 Å². The van der Waals surface area contributed by atoms with Gasteiger partial charge in [0.15, 0.2) is 11.5 Å². The Hall–Kier alpha value is -2.00. The Morgan fingerprint density at radius 2 is 1.85 bits per heavy atom. The first-order valence-electron chi connectivity index (χ1n) is 5.50. The summed E-state index contributed by atoms with van der Waals surface area (Å²) in [6, 6.07) is 9.48. The molecule has 3 aromatic rings. The van der Waals surface area contributed by atoms with Crippen molar-refractivity contribution in [3.05, 3.63) is 47.2 Å². The maximum Gasteiger partial charge on any atom is 0.263 e. The molecule has 9 heteroatoms. The lowest BCUT2D eigenvalue weighted by Crippen LogP contribution is -2.14. The summed E-state index contributed by atoms with van der Waals surface area (Å²) in [5.74, 6) is 0.195. The monoisotopic (exact) mass is 353 g/mol. The van der Waals surface area contributed by atoms with E-state index in [1.54, 1.807) is 18.2 Å². The second-order valence-electron chi connectivity index (χ2n) is 3.91.